The fourth-order valence-corrected chi connectivity index (χ4v) is 2.00. The van der Waals surface area contributed by atoms with Crippen LogP contribution >= 0.6 is 0 Å². The van der Waals surface area contributed by atoms with E-state index in [1.807, 2.05) is 36.4 Å². The lowest BCUT2D eigenvalue weighted by atomic mass is 10.2. The molecule has 0 aliphatic heterocycles. The predicted molar refractivity (Wildman–Crippen MR) is 86.7 cm³/mol. The second-order valence-corrected chi connectivity index (χ2v) is 4.64. The van der Waals surface area contributed by atoms with E-state index >= 15 is 0 Å². The minimum Gasteiger partial charge on any atom is -0.507 e. The molecule has 0 saturated heterocycles. The maximum atomic E-state index is 9.89. The molecule has 0 saturated carbocycles. The van der Waals surface area contributed by atoms with Gasteiger partial charge in [-0.2, -0.15) is 9.97 Å². The van der Waals surface area contributed by atoms with E-state index in [0.29, 0.717) is 17.2 Å². The highest BCUT2D eigenvalue weighted by Gasteiger charge is 2.09. The van der Waals surface area contributed by atoms with Gasteiger partial charge in [0.15, 0.2) is 11.6 Å². The van der Waals surface area contributed by atoms with Crippen molar-refractivity contribution in [2.45, 2.75) is 0 Å². The Hall–Kier alpha value is -3.21. The molecule has 3 rings (SSSR count). The first-order valence-electron chi connectivity index (χ1n) is 6.75. The number of hydrogen-bond donors (Lipinski definition) is 2. The molecule has 0 amide bonds. The van der Waals surface area contributed by atoms with Crippen LogP contribution in [0.2, 0.25) is 0 Å². The minimum absolute atomic E-state index is 0.103. The molecule has 1 aromatic heterocycles. The van der Waals surface area contributed by atoms with Gasteiger partial charge < -0.3 is 10.8 Å². The van der Waals surface area contributed by atoms with E-state index in [2.05, 4.69) is 15.0 Å². The summed E-state index contributed by atoms with van der Waals surface area (Å²) in [5, 5.41) is 9.89. The van der Waals surface area contributed by atoms with Gasteiger partial charge in [0.2, 0.25) is 5.95 Å². The van der Waals surface area contributed by atoms with Crippen molar-refractivity contribution >= 4 is 18.1 Å². The summed E-state index contributed by atoms with van der Waals surface area (Å²) in [7, 11) is 0. The summed E-state index contributed by atoms with van der Waals surface area (Å²) in [6.07, 6.45) is 3.65. The van der Waals surface area contributed by atoms with E-state index in [1.54, 1.807) is 30.3 Å². The van der Waals surface area contributed by atoms with Gasteiger partial charge in [0.1, 0.15) is 5.75 Å². The first-order chi connectivity index (χ1) is 10.7. The van der Waals surface area contributed by atoms with Crippen LogP contribution in [0, 0.1) is 0 Å². The van der Waals surface area contributed by atoms with Crippen LogP contribution < -0.4 is 5.73 Å². The number of phenolic OH excluding ortho intramolecular Hbond substituents is 1. The van der Waals surface area contributed by atoms with Crippen molar-refractivity contribution in [1.82, 2.24) is 15.0 Å². The molecule has 0 aliphatic rings. The minimum atomic E-state index is 0.103. The molecule has 5 heteroatoms. The second kappa shape index (κ2) is 6.05. The molecule has 0 bridgehead atoms. The molecule has 0 unspecified atom stereocenters. The highest BCUT2D eigenvalue weighted by molar-refractivity contribution is 5.69. The Labute approximate surface area is 127 Å². The summed E-state index contributed by atoms with van der Waals surface area (Å²) < 4.78 is 0. The normalized spacial score (nSPS) is 10.9. The lowest BCUT2D eigenvalue weighted by Crippen LogP contribution is -2.02. The molecule has 108 valence electrons. The summed E-state index contributed by atoms with van der Waals surface area (Å²) in [5.74, 6) is 1.000. The van der Waals surface area contributed by atoms with Gasteiger partial charge in [-0.25, -0.2) is 4.98 Å². The van der Waals surface area contributed by atoms with Crippen molar-refractivity contribution < 1.29 is 5.11 Å². The van der Waals surface area contributed by atoms with Crippen molar-refractivity contribution in [3.8, 4) is 17.1 Å². The van der Waals surface area contributed by atoms with Gasteiger partial charge in [-0.15, -0.1) is 0 Å². The summed E-state index contributed by atoms with van der Waals surface area (Å²) in [4.78, 5) is 12.5. The number of phenols is 1. The summed E-state index contributed by atoms with van der Waals surface area (Å²) in [6.45, 7) is 0. The molecule has 5 nitrogen and oxygen atoms in total. The van der Waals surface area contributed by atoms with Gasteiger partial charge in [0, 0.05) is 0 Å². The topological polar surface area (TPSA) is 84.9 Å². The van der Waals surface area contributed by atoms with Crippen molar-refractivity contribution in [3.05, 3.63) is 66.0 Å². The number of aromatic nitrogens is 3. The van der Waals surface area contributed by atoms with Crippen LogP contribution in [-0.4, -0.2) is 20.1 Å². The van der Waals surface area contributed by atoms with E-state index in [4.69, 9.17) is 5.73 Å². The molecule has 3 aromatic rings. The number of nitrogen functional groups attached to an aromatic ring is 1. The number of benzene rings is 2. The largest absolute Gasteiger partial charge is 0.507 e. The lowest BCUT2D eigenvalue weighted by Gasteiger charge is -2.04. The molecule has 0 fully saturated rings. The van der Waals surface area contributed by atoms with Gasteiger partial charge >= 0.3 is 0 Å². The van der Waals surface area contributed by atoms with Crippen LogP contribution in [0.25, 0.3) is 23.5 Å². The Morgan fingerprint density at radius 1 is 0.818 bits per heavy atom. The number of rotatable bonds is 3. The van der Waals surface area contributed by atoms with Gasteiger partial charge in [-0.3, -0.25) is 0 Å². The molecule has 0 radical (unpaired) electrons. The summed E-state index contributed by atoms with van der Waals surface area (Å²) in [6, 6.07) is 16.7. The number of aromatic hydroxyl groups is 1. The van der Waals surface area contributed by atoms with Crippen LogP contribution in [0.1, 0.15) is 11.4 Å². The van der Waals surface area contributed by atoms with Crippen LogP contribution in [0.15, 0.2) is 54.6 Å². The zero-order valence-corrected chi connectivity index (χ0v) is 11.7. The Balaban J connectivity index is 1.97. The number of nitrogens with zero attached hydrogens (tertiary/aromatic N) is 3. The van der Waals surface area contributed by atoms with Crippen molar-refractivity contribution in [2.24, 2.45) is 0 Å². The lowest BCUT2D eigenvalue weighted by molar-refractivity contribution is 0.477. The van der Waals surface area contributed by atoms with Gasteiger partial charge in [-0.1, -0.05) is 48.5 Å². The molecule has 22 heavy (non-hydrogen) atoms. The first-order valence-corrected chi connectivity index (χ1v) is 6.75. The highest BCUT2D eigenvalue weighted by Crippen LogP contribution is 2.26. The highest BCUT2D eigenvalue weighted by atomic mass is 16.3. The Morgan fingerprint density at radius 2 is 1.55 bits per heavy atom. The average Bonchev–Trinajstić information content (AvgIpc) is 2.54. The monoisotopic (exact) mass is 290 g/mol. The van der Waals surface area contributed by atoms with Crippen molar-refractivity contribution in [2.75, 3.05) is 5.73 Å². The van der Waals surface area contributed by atoms with E-state index in [9.17, 15) is 5.11 Å². The first kappa shape index (κ1) is 13.8. The summed E-state index contributed by atoms with van der Waals surface area (Å²) >= 11 is 0. The molecule has 0 atom stereocenters. The standard InChI is InChI=1S/C17H14N4O/c18-17-20-15(11-10-12-6-2-1-3-7-12)19-16(21-17)13-8-4-5-9-14(13)22/h1-11,22H,(H2,18,19,20,21)/b11-10+. The Bertz CT molecular complexity index is 816. The maximum Gasteiger partial charge on any atom is 0.224 e. The van der Waals surface area contributed by atoms with Crippen LogP contribution in [0.5, 0.6) is 5.75 Å². The van der Waals surface area contributed by atoms with E-state index in [-0.39, 0.29) is 11.7 Å². The number of para-hydroxylation sites is 1. The predicted octanol–water partition coefficient (Wildman–Crippen LogP) is 3.00. The van der Waals surface area contributed by atoms with Gasteiger partial charge in [0.05, 0.1) is 5.56 Å². The summed E-state index contributed by atoms with van der Waals surface area (Å²) in [5.41, 5.74) is 7.29. The number of nitrogens with two attached hydrogens (primary N) is 1. The molecule has 1 heterocycles. The fourth-order valence-electron chi connectivity index (χ4n) is 2.00. The van der Waals surface area contributed by atoms with Crippen LogP contribution in [-0.2, 0) is 0 Å². The SMILES string of the molecule is Nc1nc(/C=C/c2ccccc2)nc(-c2ccccc2O)n1. The number of hydrogen-bond acceptors (Lipinski definition) is 5. The molecular formula is C17H14N4O. The average molecular weight is 290 g/mol. The molecule has 2 aromatic carbocycles. The maximum absolute atomic E-state index is 9.89. The van der Waals surface area contributed by atoms with E-state index in [0.717, 1.165) is 5.56 Å². The van der Waals surface area contributed by atoms with Crippen molar-refractivity contribution in [1.29, 1.82) is 0 Å². The quantitative estimate of drug-likeness (QED) is 0.774. The zero-order valence-electron chi connectivity index (χ0n) is 11.7. The molecule has 0 spiro atoms. The second-order valence-electron chi connectivity index (χ2n) is 4.64. The Kier molecular flexibility index (Phi) is 3.78. The third-order valence-electron chi connectivity index (χ3n) is 3.04. The smallest absolute Gasteiger partial charge is 0.224 e. The Morgan fingerprint density at radius 3 is 2.32 bits per heavy atom. The fraction of sp³-hybridized carbons (Fsp3) is 0. The third-order valence-corrected chi connectivity index (χ3v) is 3.04. The molecule has 3 N–H and O–H groups in total. The van der Waals surface area contributed by atoms with Crippen LogP contribution in [0.4, 0.5) is 5.95 Å². The molecular weight excluding hydrogens is 276 g/mol. The van der Waals surface area contributed by atoms with E-state index < -0.39 is 0 Å². The van der Waals surface area contributed by atoms with Crippen LogP contribution in [0.3, 0.4) is 0 Å². The van der Waals surface area contributed by atoms with Gasteiger partial charge in [-0.05, 0) is 23.8 Å². The zero-order chi connectivity index (χ0) is 15.4. The third kappa shape index (κ3) is 3.09. The van der Waals surface area contributed by atoms with Crippen molar-refractivity contribution in [3.63, 3.8) is 0 Å². The van der Waals surface area contributed by atoms with Gasteiger partial charge in [0.25, 0.3) is 0 Å². The van der Waals surface area contributed by atoms with E-state index in [1.165, 1.54) is 0 Å². The number of anilines is 1. The molecule has 0 aliphatic carbocycles.